The number of rotatable bonds is 5. The van der Waals surface area contributed by atoms with E-state index in [9.17, 15) is 19.2 Å². The summed E-state index contributed by atoms with van der Waals surface area (Å²) in [6, 6.07) is 5.35. The third-order valence-electron chi connectivity index (χ3n) is 6.71. The number of nitrogens with zero attached hydrogens (tertiary/aromatic N) is 2. The number of nitrogens with two attached hydrogens (primary N) is 1. The first-order valence-electron chi connectivity index (χ1n) is 10.8. The van der Waals surface area contributed by atoms with Crippen molar-refractivity contribution >= 4 is 23.5 Å². The van der Waals surface area contributed by atoms with Crippen LogP contribution in [0.1, 0.15) is 65.7 Å². The van der Waals surface area contributed by atoms with Gasteiger partial charge in [0.25, 0.3) is 5.91 Å². The quantitative estimate of drug-likeness (QED) is 0.802. The van der Waals surface area contributed by atoms with Gasteiger partial charge in [-0.3, -0.25) is 19.2 Å². The minimum Gasteiger partial charge on any atom is -0.366 e. The van der Waals surface area contributed by atoms with E-state index in [1.165, 1.54) is 38.2 Å². The largest absolute Gasteiger partial charge is 0.366 e. The lowest BCUT2D eigenvalue weighted by molar-refractivity contribution is -0.133. The highest BCUT2D eigenvalue weighted by atomic mass is 16.2. The summed E-state index contributed by atoms with van der Waals surface area (Å²) in [4.78, 5) is 53.2. The zero-order valence-corrected chi connectivity index (χ0v) is 17.1. The van der Waals surface area contributed by atoms with Crippen LogP contribution in [-0.4, -0.2) is 58.5 Å². The molecule has 2 aliphatic heterocycles. The molecule has 7 nitrogen and oxygen atoms in total. The summed E-state index contributed by atoms with van der Waals surface area (Å²) in [5.41, 5.74) is 5.89. The SMILES string of the molecule is NC(=O)c1cccc(C(=O)N2CC(=O)C3C2CCN3C(=O)[CH]CC2CCCCC2)c1. The fourth-order valence-electron chi connectivity index (χ4n) is 5.12. The van der Waals surface area contributed by atoms with Gasteiger partial charge in [-0.05, 0) is 37.0 Å². The fourth-order valence-corrected chi connectivity index (χ4v) is 5.12. The van der Waals surface area contributed by atoms with E-state index >= 15 is 0 Å². The highest BCUT2D eigenvalue weighted by Gasteiger charge is 2.51. The van der Waals surface area contributed by atoms with Gasteiger partial charge < -0.3 is 15.5 Å². The second kappa shape index (κ2) is 8.58. The van der Waals surface area contributed by atoms with E-state index in [0.717, 1.165) is 6.42 Å². The second-order valence-electron chi connectivity index (χ2n) is 8.62. The number of carbonyl (C=O) groups is 4. The van der Waals surface area contributed by atoms with Crippen molar-refractivity contribution in [2.45, 2.75) is 57.0 Å². The Kier molecular flexibility index (Phi) is 5.88. The summed E-state index contributed by atoms with van der Waals surface area (Å²) in [5, 5.41) is 0. The van der Waals surface area contributed by atoms with Crippen molar-refractivity contribution in [1.29, 1.82) is 0 Å². The Morgan fingerprint density at radius 2 is 1.77 bits per heavy atom. The zero-order chi connectivity index (χ0) is 21.3. The summed E-state index contributed by atoms with van der Waals surface area (Å²) in [7, 11) is 0. The Hall–Kier alpha value is -2.70. The Balaban J connectivity index is 1.42. The van der Waals surface area contributed by atoms with Crippen molar-refractivity contribution in [1.82, 2.24) is 9.80 Å². The number of hydrogen-bond acceptors (Lipinski definition) is 4. The first-order valence-corrected chi connectivity index (χ1v) is 10.8. The minimum atomic E-state index is -0.605. The average Bonchev–Trinajstić information content (AvgIpc) is 3.34. The number of benzene rings is 1. The molecule has 2 heterocycles. The molecular weight excluding hydrogens is 382 g/mol. The van der Waals surface area contributed by atoms with Crippen LogP contribution in [0.25, 0.3) is 0 Å². The van der Waals surface area contributed by atoms with Gasteiger partial charge in [-0.15, -0.1) is 0 Å². The van der Waals surface area contributed by atoms with Crippen LogP contribution in [0.3, 0.4) is 0 Å². The van der Waals surface area contributed by atoms with Gasteiger partial charge in [-0.2, -0.15) is 0 Å². The molecule has 2 unspecified atom stereocenters. The molecular formula is C23H28N3O4. The van der Waals surface area contributed by atoms with E-state index < -0.39 is 11.9 Å². The topological polar surface area (TPSA) is 101 Å². The molecule has 4 rings (SSSR count). The standard InChI is InChI=1S/C23H28N3O4/c24-22(29)16-7-4-8-17(13-16)23(30)26-14-19(27)21-18(26)11-12-25(21)20(28)10-9-15-5-2-1-3-6-15/h4,7-8,10,13,15,18,21H,1-3,5-6,9,11-12,14H2,(H2,24,29). The molecule has 2 atom stereocenters. The van der Waals surface area contributed by atoms with Gasteiger partial charge in [0.1, 0.15) is 6.04 Å². The van der Waals surface area contributed by atoms with Crippen LogP contribution in [0.4, 0.5) is 0 Å². The van der Waals surface area contributed by atoms with E-state index in [1.54, 1.807) is 34.4 Å². The normalized spacial score (nSPS) is 24.2. The smallest absolute Gasteiger partial charge is 0.254 e. The summed E-state index contributed by atoms with van der Waals surface area (Å²) >= 11 is 0. The number of ketones is 1. The Bertz CT molecular complexity index is 862. The highest BCUT2D eigenvalue weighted by Crippen LogP contribution is 2.32. The monoisotopic (exact) mass is 410 g/mol. The molecule has 30 heavy (non-hydrogen) atoms. The number of Topliss-reactive ketones (excluding diaryl/α,β-unsaturated/α-hetero) is 1. The van der Waals surface area contributed by atoms with Gasteiger partial charge in [-0.1, -0.05) is 38.2 Å². The van der Waals surface area contributed by atoms with Crippen LogP contribution in [0.15, 0.2) is 24.3 Å². The highest BCUT2D eigenvalue weighted by molar-refractivity contribution is 6.04. The van der Waals surface area contributed by atoms with Gasteiger partial charge in [0.15, 0.2) is 5.78 Å². The van der Waals surface area contributed by atoms with E-state index in [4.69, 9.17) is 5.73 Å². The Labute approximate surface area is 176 Å². The van der Waals surface area contributed by atoms with E-state index in [-0.39, 0.29) is 35.7 Å². The Morgan fingerprint density at radius 1 is 1.03 bits per heavy atom. The molecule has 159 valence electrons. The molecule has 0 spiro atoms. The molecule has 1 radical (unpaired) electrons. The molecule has 1 saturated carbocycles. The first-order chi connectivity index (χ1) is 14.5. The van der Waals surface area contributed by atoms with E-state index in [2.05, 4.69) is 0 Å². The van der Waals surface area contributed by atoms with Crippen molar-refractivity contribution in [3.05, 3.63) is 41.8 Å². The summed E-state index contributed by atoms with van der Waals surface area (Å²) in [6.45, 7) is 0.466. The van der Waals surface area contributed by atoms with Crippen LogP contribution in [0.5, 0.6) is 0 Å². The van der Waals surface area contributed by atoms with Crippen LogP contribution in [-0.2, 0) is 9.59 Å². The minimum absolute atomic E-state index is 0.0125. The van der Waals surface area contributed by atoms with Gasteiger partial charge in [-0.25, -0.2) is 0 Å². The van der Waals surface area contributed by atoms with Gasteiger partial charge in [0.05, 0.1) is 19.0 Å². The Morgan fingerprint density at radius 3 is 2.50 bits per heavy atom. The lowest BCUT2D eigenvalue weighted by atomic mass is 9.86. The lowest BCUT2D eigenvalue weighted by Gasteiger charge is -2.26. The van der Waals surface area contributed by atoms with E-state index in [1.807, 2.05) is 0 Å². The van der Waals surface area contributed by atoms with Gasteiger partial charge in [0.2, 0.25) is 11.8 Å². The first kappa shape index (κ1) is 20.6. The van der Waals surface area contributed by atoms with E-state index in [0.29, 0.717) is 24.4 Å². The molecule has 0 bridgehead atoms. The van der Waals surface area contributed by atoms with Crippen LogP contribution < -0.4 is 5.73 Å². The maximum Gasteiger partial charge on any atom is 0.254 e. The van der Waals surface area contributed by atoms with Crippen molar-refractivity contribution in [3.63, 3.8) is 0 Å². The number of carbonyl (C=O) groups excluding carboxylic acids is 4. The van der Waals surface area contributed by atoms with Crippen molar-refractivity contribution in [2.24, 2.45) is 11.7 Å². The average molecular weight is 410 g/mol. The van der Waals surface area contributed by atoms with Crippen molar-refractivity contribution in [3.8, 4) is 0 Å². The predicted octanol–water partition coefficient (Wildman–Crippen LogP) is 1.95. The fraction of sp³-hybridized carbons (Fsp3) is 0.522. The molecule has 1 aromatic rings. The molecule has 2 N–H and O–H groups in total. The molecule has 0 aromatic heterocycles. The molecule has 3 aliphatic rings. The van der Waals surface area contributed by atoms with Crippen LogP contribution >= 0.6 is 0 Å². The third kappa shape index (κ3) is 3.98. The zero-order valence-electron chi connectivity index (χ0n) is 17.1. The molecule has 3 fully saturated rings. The summed E-state index contributed by atoms with van der Waals surface area (Å²) in [6.07, 6.45) is 9.17. The summed E-state index contributed by atoms with van der Waals surface area (Å²) < 4.78 is 0. The van der Waals surface area contributed by atoms with Crippen molar-refractivity contribution in [2.75, 3.05) is 13.1 Å². The molecule has 2 saturated heterocycles. The molecule has 7 heteroatoms. The molecule has 1 aliphatic carbocycles. The number of fused-ring (bicyclic) bond motifs is 1. The number of primary amides is 1. The second-order valence-corrected chi connectivity index (χ2v) is 8.62. The third-order valence-corrected chi connectivity index (χ3v) is 6.71. The van der Waals surface area contributed by atoms with Crippen LogP contribution in [0, 0.1) is 12.3 Å². The van der Waals surface area contributed by atoms with Gasteiger partial charge in [0, 0.05) is 17.7 Å². The maximum absolute atomic E-state index is 13.0. The number of amides is 3. The molecule has 1 aromatic carbocycles. The number of hydrogen-bond donors (Lipinski definition) is 1. The maximum atomic E-state index is 13.0. The predicted molar refractivity (Wildman–Crippen MR) is 110 cm³/mol. The lowest BCUT2D eigenvalue weighted by Crippen LogP contribution is -2.43. The number of likely N-dealkylation sites (tertiary alicyclic amines) is 2. The van der Waals surface area contributed by atoms with Gasteiger partial charge >= 0.3 is 0 Å². The molecule has 3 amide bonds. The van der Waals surface area contributed by atoms with Crippen LogP contribution in [0.2, 0.25) is 0 Å². The summed E-state index contributed by atoms with van der Waals surface area (Å²) in [5.74, 6) is -0.538. The van der Waals surface area contributed by atoms with Crippen molar-refractivity contribution < 1.29 is 19.2 Å².